The maximum atomic E-state index is 13.8. The number of amides is 1. The zero-order valence-electron chi connectivity index (χ0n) is 24.5. The van der Waals surface area contributed by atoms with Crippen LogP contribution in [0.5, 0.6) is 0 Å². The number of nitrogens with one attached hydrogen (secondary N) is 2. The molecule has 0 bridgehead atoms. The Morgan fingerprint density at radius 2 is 1.85 bits per heavy atom. The number of hydrogen-bond donors (Lipinski definition) is 2. The summed E-state index contributed by atoms with van der Waals surface area (Å²) < 4.78 is 7.32. The van der Waals surface area contributed by atoms with Gasteiger partial charge in [-0.15, -0.1) is 0 Å². The molecular formula is C32H38N6O3. The zero-order chi connectivity index (χ0) is 29.3. The zero-order valence-corrected chi connectivity index (χ0v) is 24.5. The van der Waals surface area contributed by atoms with E-state index in [0.717, 1.165) is 55.2 Å². The van der Waals surface area contributed by atoms with Crippen molar-refractivity contribution >= 4 is 22.5 Å². The van der Waals surface area contributed by atoms with Crippen molar-refractivity contribution in [2.45, 2.75) is 53.8 Å². The molecule has 3 aromatic heterocycles. The number of aryl methyl sites for hydroxylation is 2. The standard InChI is InChI=1S/C32H38N6O3/c1-19(2)29-28-25(31(39)33-17-26-21(5)15-22(6)34-32(26)40)16-27(35-30(28)38(36-29)20(3)4)24-9-7-23(8-10-24)18-37-11-13-41-14-12-37/h7-10,15-16,20H,1,11-14,17-18H2,2-6H3,(H,33,39)(H,34,40). The summed E-state index contributed by atoms with van der Waals surface area (Å²) in [5.74, 6) is -0.298. The smallest absolute Gasteiger partial charge is 0.253 e. The Morgan fingerprint density at radius 1 is 1.15 bits per heavy atom. The minimum Gasteiger partial charge on any atom is -0.379 e. The molecule has 9 nitrogen and oxygen atoms in total. The number of hydrogen-bond acceptors (Lipinski definition) is 6. The first kappa shape index (κ1) is 28.4. The highest BCUT2D eigenvalue weighted by Crippen LogP contribution is 2.32. The third-order valence-electron chi connectivity index (χ3n) is 7.48. The first-order valence-electron chi connectivity index (χ1n) is 14.1. The second-order valence-electron chi connectivity index (χ2n) is 11.1. The van der Waals surface area contributed by atoms with Gasteiger partial charge in [0.1, 0.15) is 0 Å². The lowest BCUT2D eigenvalue weighted by Gasteiger charge is -2.26. The number of carbonyl (C=O) groups excluding carboxylic acids is 1. The first-order valence-corrected chi connectivity index (χ1v) is 14.1. The predicted molar refractivity (Wildman–Crippen MR) is 162 cm³/mol. The number of benzene rings is 1. The van der Waals surface area contributed by atoms with Crippen molar-refractivity contribution in [1.29, 1.82) is 0 Å². The van der Waals surface area contributed by atoms with Gasteiger partial charge < -0.3 is 15.0 Å². The molecule has 0 radical (unpaired) electrons. The summed E-state index contributed by atoms with van der Waals surface area (Å²) in [7, 11) is 0. The number of rotatable bonds is 8. The largest absolute Gasteiger partial charge is 0.379 e. The Kier molecular flexibility index (Phi) is 8.19. The van der Waals surface area contributed by atoms with E-state index in [0.29, 0.717) is 33.5 Å². The molecule has 41 heavy (non-hydrogen) atoms. The van der Waals surface area contributed by atoms with Crippen LogP contribution in [0.3, 0.4) is 0 Å². The number of ether oxygens (including phenoxy) is 1. The number of aromatic amines is 1. The number of fused-ring (bicyclic) bond motifs is 1. The van der Waals surface area contributed by atoms with E-state index in [2.05, 4.69) is 46.0 Å². The van der Waals surface area contributed by atoms with E-state index >= 15 is 0 Å². The Labute approximate surface area is 240 Å². The first-order chi connectivity index (χ1) is 19.6. The number of aromatic nitrogens is 4. The fraction of sp³-hybridized carbons (Fsp3) is 0.375. The van der Waals surface area contributed by atoms with Gasteiger partial charge >= 0.3 is 0 Å². The molecule has 1 amide bonds. The molecule has 4 heterocycles. The SMILES string of the molecule is C=C(C)c1nn(C(C)C)c2nc(-c3ccc(CN4CCOCC4)cc3)cc(C(=O)NCc3c(C)cc(C)[nH]c3=O)c12. The van der Waals surface area contributed by atoms with Crippen molar-refractivity contribution < 1.29 is 9.53 Å². The fourth-order valence-electron chi connectivity index (χ4n) is 5.29. The summed E-state index contributed by atoms with van der Waals surface area (Å²) in [6, 6.07) is 12.1. The molecule has 2 N–H and O–H groups in total. The van der Waals surface area contributed by atoms with Crippen molar-refractivity contribution in [2.75, 3.05) is 26.3 Å². The molecule has 4 aromatic rings. The van der Waals surface area contributed by atoms with Crippen molar-refractivity contribution in [1.82, 2.24) is 30.0 Å². The van der Waals surface area contributed by atoms with E-state index in [4.69, 9.17) is 14.8 Å². The lowest BCUT2D eigenvalue weighted by atomic mass is 10.0. The molecule has 0 spiro atoms. The lowest BCUT2D eigenvalue weighted by molar-refractivity contribution is 0.0342. The quantitative estimate of drug-likeness (QED) is 0.325. The van der Waals surface area contributed by atoms with Gasteiger partial charge in [-0.05, 0) is 63.5 Å². The minimum atomic E-state index is -0.298. The summed E-state index contributed by atoms with van der Waals surface area (Å²) in [6.45, 7) is 18.1. The Bertz CT molecular complexity index is 1660. The highest BCUT2D eigenvalue weighted by Gasteiger charge is 2.24. The van der Waals surface area contributed by atoms with E-state index in [-0.39, 0.29) is 24.1 Å². The van der Waals surface area contributed by atoms with E-state index in [1.54, 1.807) is 0 Å². The third kappa shape index (κ3) is 6.01. The number of morpholine rings is 1. The number of carbonyl (C=O) groups is 1. The summed E-state index contributed by atoms with van der Waals surface area (Å²) in [5.41, 5.74) is 7.22. The molecule has 214 valence electrons. The fourth-order valence-corrected chi connectivity index (χ4v) is 5.29. The van der Waals surface area contributed by atoms with Gasteiger partial charge in [0.25, 0.3) is 11.5 Å². The van der Waals surface area contributed by atoms with Gasteiger partial charge in [0, 0.05) is 49.0 Å². The van der Waals surface area contributed by atoms with Gasteiger partial charge in [-0.1, -0.05) is 30.8 Å². The second-order valence-corrected chi connectivity index (χ2v) is 11.1. The monoisotopic (exact) mass is 554 g/mol. The van der Waals surface area contributed by atoms with Crippen molar-refractivity contribution in [3.63, 3.8) is 0 Å². The van der Waals surface area contributed by atoms with Crippen LogP contribution in [-0.2, 0) is 17.8 Å². The topological polar surface area (TPSA) is 105 Å². The van der Waals surface area contributed by atoms with Crippen molar-refractivity contribution in [2.24, 2.45) is 0 Å². The normalized spacial score (nSPS) is 14.1. The second kappa shape index (κ2) is 11.8. The van der Waals surface area contributed by atoms with Crippen LogP contribution in [0, 0.1) is 13.8 Å². The van der Waals surface area contributed by atoms with Crippen LogP contribution in [0.1, 0.15) is 65.2 Å². The van der Waals surface area contributed by atoms with Crippen LogP contribution in [0.2, 0.25) is 0 Å². The van der Waals surface area contributed by atoms with Crippen LogP contribution in [0.4, 0.5) is 0 Å². The molecule has 1 aliphatic rings. The highest BCUT2D eigenvalue weighted by atomic mass is 16.5. The van der Waals surface area contributed by atoms with Crippen molar-refractivity contribution in [3.8, 4) is 11.3 Å². The maximum Gasteiger partial charge on any atom is 0.253 e. The Balaban J connectivity index is 1.54. The van der Waals surface area contributed by atoms with Crippen LogP contribution >= 0.6 is 0 Å². The lowest BCUT2D eigenvalue weighted by Crippen LogP contribution is -2.35. The van der Waals surface area contributed by atoms with Crippen LogP contribution < -0.4 is 10.9 Å². The molecule has 0 aliphatic carbocycles. The predicted octanol–water partition coefficient (Wildman–Crippen LogP) is 4.78. The summed E-state index contributed by atoms with van der Waals surface area (Å²) >= 11 is 0. The molecule has 1 fully saturated rings. The maximum absolute atomic E-state index is 13.8. The number of pyridine rings is 2. The number of H-pyrrole nitrogens is 1. The van der Waals surface area contributed by atoms with Gasteiger partial charge in [0.15, 0.2) is 5.65 Å². The van der Waals surface area contributed by atoms with Crippen molar-refractivity contribution in [3.05, 3.63) is 87.0 Å². The van der Waals surface area contributed by atoms with Crippen LogP contribution in [0.25, 0.3) is 27.9 Å². The van der Waals surface area contributed by atoms with Crippen LogP contribution in [-0.4, -0.2) is 56.9 Å². The average Bonchev–Trinajstić information content (AvgIpc) is 3.33. The van der Waals surface area contributed by atoms with E-state index in [1.807, 2.05) is 51.4 Å². The van der Waals surface area contributed by atoms with Crippen LogP contribution in [0.15, 0.2) is 47.8 Å². The van der Waals surface area contributed by atoms with Gasteiger partial charge in [-0.25, -0.2) is 9.67 Å². The minimum absolute atomic E-state index is 0.0222. The summed E-state index contributed by atoms with van der Waals surface area (Å²) in [4.78, 5) is 36.6. The Morgan fingerprint density at radius 3 is 2.49 bits per heavy atom. The molecule has 9 heteroatoms. The highest BCUT2D eigenvalue weighted by molar-refractivity contribution is 6.09. The molecule has 0 saturated carbocycles. The summed E-state index contributed by atoms with van der Waals surface area (Å²) in [5, 5.41) is 8.44. The molecular weight excluding hydrogens is 516 g/mol. The molecule has 0 unspecified atom stereocenters. The average molecular weight is 555 g/mol. The number of nitrogens with zero attached hydrogens (tertiary/aromatic N) is 4. The van der Waals surface area contributed by atoms with Gasteiger partial charge in [0.05, 0.1) is 35.6 Å². The summed E-state index contributed by atoms with van der Waals surface area (Å²) in [6.07, 6.45) is 0. The van der Waals surface area contributed by atoms with Gasteiger partial charge in [-0.2, -0.15) is 5.10 Å². The molecule has 1 saturated heterocycles. The van der Waals surface area contributed by atoms with E-state index in [9.17, 15) is 9.59 Å². The molecule has 5 rings (SSSR count). The Hall–Kier alpha value is -4.08. The van der Waals surface area contributed by atoms with Gasteiger partial charge in [0.2, 0.25) is 0 Å². The molecule has 1 aromatic carbocycles. The van der Waals surface area contributed by atoms with E-state index in [1.165, 1.54) is 5.56 Å². The molecule has 1 aliphatic heterocycles. The van der Waals surface area contributed by atoms with E-state index < -0.39 is 0 Å². The third-order valence-corrected chi connectivity index (χ3v) is 7.48. The molecule has 0 atom stereocenters. The number of allylic oxidation sites excluding steroid dienone is 1. The van der Waals surface area contributed by atoms with Gasteiger partial charge in [-0.3, -0.25) is 14.5 Å².